The third-order valence-electron chi connectivity index (χ3n) is 9.62. The Bertz CT molecular complexity index is 2580. The summed E-state index contributed by atoms with van der Waals surface area (Å²) in [5.74, 6) is 0. The average molecular weight is 653 g/mol. The molecule has 8 rings (SSSR count). The van der Waals surface area contributed by atoms with Gasteiger partial charge in [0.15, 0.2) is 13.8 Å². The number of hydrogen-bond acceptors (Lipinski definition) is 2. The average Bonchev–Trinajstić information content (AvgIpc) is 3.52. The summed E-state index contributed by atoms with van der Waals surface area (Å²) < 4.78 is 2.23. The van der Waals surface area contributed by atoms with Crippen molar-refractivity contribution in [2.75, 3.05) is 0 Å². The van der Waals surface area contributed by atoms with Gasteiger partial charge in [0.1, 0.15) is 0 Å². The maximum Gasteiger partial charge on any atom is 0.188 e. The number of fused-ring (bicyclic) bond motifs is 3. The summed E-state index contributed by atoms with van der Waals surface area (Å²) in [7, 11) is -3.05. The highest BCUT2D eigenvalue weighted by Gasteiger charge is 2.43. The molecule has 0 aliphatic carbocycles. The van der Waals surface area contributed by atoms with Crippen molar-refractivity contribution >= 4 is 56.3 Å². The second kappa shape index (κ2) is 12.6. The highest BCUT2D eigenvalue weighted by molar-refractivity contribution is 7.20. The number of nitrogens with zero attached hydrogens (tertiary/aromatic N) is 4. The largest absolute Gasteiger partial charge is 0.309 e. The molecule has 4 nitrogen and oxygen atoms in total. The van der Waals surface area contributed by atoms with Crippen molar-refractivity contribution in [1.29, 1.82) is 10.5 Å². The Balaban J connectivity index is 1.55. The van der Waals surface area contributed by atoms with Crippen molar-refractivity contribution in [1.82, 2.24) is 4.57 Å². The third-order valence-corrected chi connectivity index (χ3v) is 14.5. The van der Waals surface area contributed by atoms with Gasteiger partial charge >= 0.3 is 0 Å². The molecule has 5 heteroatoms. The molecular weight excluding hydrogens is 625 g/mol. The van der Waals surface area contributed by atoms with Gasteiger partial charge in [0, 0.05) is 10.8 Å². The maximum absolute atomic E-state index is 10.3. The van der Waals surface area contributed by atoms with Gasteiger partial charge in [-0.1, -0.05) is 121 Å². The molecule has 0 fully saturated rings. The van der Waals surface area contributed by atoms with Crippen LogP contribution in [0.5, 0.6) is 0 Å². The zero-order valence-corrected chi connectivity index (χ0v) is 28.0. The summed E-state index contributed by atoms with van der Waals surface area (Å²) in [5.41, 5.74) is 6.25. The molecule has 232 valence electrons. The number of benzene rings is 7. The van der Waals surface area contributed by atoms with E-state index in [2.05, 4.69) is 131 Å². The molecule has 0 saturated carbocycles. The van der Waals surface area contributed by atoms with E-state index in [0.717, 1.165) is 43.8 Å². The lowest BCUT2D eigenvalue weighted by Gasteiger charge is -2.36. The van der Waals surface area contributed by atoms with Gasteiger partial charge in [-0.3, -0.25) is 0 Å². The van der Waals surface area contributed by atoms with Gasteiger partial charge in [-0.15, -0.1) is 0 Å². The van der Waals surface area contributed by atoms with Crippen LogP contribution in [0.4, 0.5) is 5.69 Å². The van der Waals surface area contributed by atoms with Gasteiger partial charge in [-0.05, 0) is 80.4 Å². The molecule has 0 radical (unpaired) electrons. The first-order valence-electron chi connectivity index (χ1n) is 16.3. The van der Waals surface area contributed by atoms with Crippen LogP contribution in [0.2, 0.25) is 0 Å². The van der Waals surface area contributed by atoms with E-state index in [9.17, 15) is 10.5 Å². The van der Waals surface area contributed by atoms with Crippen molar-refractivity contribution in [2.45, 2.75) is 0 Å². The van der Waals surface area contributed by atoms with Crippen LogP contribution in [0.25, 0.3) is 43.5 Å². The van der Waals surface area contributed by atoms with E-state index in [4.69, 9.17) is 6.57 Å². The van der Waals surface area contributed by atoms with Crippen molar-refractivity contribution < 1.29 is 0 Å². The molecule has 50 heavy (non-hydrogen) atoms. The smallest absolute Gasteiger partial charge is 0.188 e. The molecule has 0 spiro atoms. The molecule has 0 aliphatic heterocycles. The van der Waals surface area contributed by atoms with Crippen molar-refractivity contribution in [3.8, 4) is 29.0 Å². The molecule has 0 amide bonds. The van der Waals surface area contributed by atoms with Crippen molar-refractivity contribution in [3.63, 3.8) is 0 Å². The highest BCUT2D eigenvalue weighted by Crippen LogP contribution is 2.38. The molecule has 0 atom stereocenters. The molecule has 0 N–H and O–H groups in total. The minimum Gasteiger partial charge on any atom is -0.309 e. The second-order valence-electron chi connectivity index (χ2n) is 12.2. The third kappa shape index (κ3) is 4.80. The van der Waals surface area contributed by atoms with Crippen LogP contribution in [0, 0.1) is 29.2 Å². The predicted octanol–water partition coefficient (Wildman–Crippen LogP) is 8.12. The molecule has 7 aromatic carbocycles. The van der Waals surface area contributed by atoms with E-state index in [1.54, 1.807) is 0 Å². The summed E-state index contributed by atoms with van der Waals surface area (Å²) in [6, 6.07) is 62.8. The fourth-order valence-electron chi connectivity index (χ4n) is 7.50. The lowest BCUT2D eigenvalue weighted by molar-refractivity contribution is 1.18. The molecule has 0 unspecified atom stereocenters. The lowest BCUT2D eigenvalue weighted by Crippen LogP contribution is -2.75. The highest BCUT2D eigenvalue weighted by atomic mass is 28.3. The number of rotatable bonds is 6. The van der Waals surface area contributed by atoms with Crippen LogP contribution >= 0.6 is 0 Å². The van der Waals surface area contributed by atoms with Gasteiger partial charge in [0.05, 0.1) is 46.6 Å². The van der Waals surface area contributed by atoms with Gasteiger partial charge in [0.2, 0.25) is 0 Å². The quantitative estimate of drug-likeness (QED) is 0.104. The van der Waals surface area contributed by atoms with Crippen LogP contribution in [0.1, 0.15) is 11.1 Å². The van der Waals surface area contributed by atoms with E-state index in [1.807, 2.05) is 60.7 Å². The van der Waals surface area contributed by atoms with Crippen molar-refractivity contribution in [2.24, 2.45) is 0 Å². The van der Waals surface area contributed by atoms with Crippen LogP contribution in [-0.2, 0) is 0 Å². The molecule has 0 aliphatic rings. The molecule has 0 bridgehead atoms. The van der Waals surface area contributed by atoms with Crippen LogP contribution in [0.3, 0.4) is 0 Å². The van der Waals surface area contributed by atoms with Crippen LogP contribution in [0.15, 0.2) is 170 Å². The van der Waals surface area contributed by atoms with Crippen LogP contribution < -0.4 is 20.7 Å². The van der Waals surface area contributed by atoms with E-state index < -0.39 is 8.07 Å². The molecule has 1 heterocycles. The second-order valence-corrected chi connectivity index (χ2v) is 16.0. The SMILES string of the molecule is [C-]#[N+]c1ccc(-n2c3ccccc3c3cc(C#N)ccc32)c(-c2cc(C#N)ccc2[Si](c2ccccc2)(c2ccccc2)c2ccccc2)c1. The number of aromatic nitrogens is 1. The first kappa shape index (κ1) is 30.4. The minimum atomic E-state index is -3.05. The minimum absolute atomic E-state index is 0.510. The number of para-hydroxylation sites is 1. The molecule has 1 aromatic heterocycles. The Morgan fingerprint density at radius 3 is 1.64 bits per heavy atom. The fraction of sp³-hybridized carbons (Fsp3) is 0. The first-order chi connectivity index (χ1) is 24.7. The van der Waals surface area contributed by atoms with Crippen LogP contribution in [-0.4, -0.2) is 12.6 Å². The number of nitriles is 2. The summed E-state index contributed by atoms with van der Waals surface area (Å²) >= 11 is 0. The van der Waals surface area contributed by atoms with Gasteiger partial charge in [-0.25, -0.2) is 4.85 Å². The van der Waals surface area contributed by atoms with E-state index >= 15 is 0 Å². The summed E-state index contributed by atoms with van der Waals surface area (Å²) in [6.45, 7) is 8.06. The Labute approximate surface area is 291 Å². The summed E-state index contributed by atoms with van der Waals surface area (Å²) in [4.78, 5) is 3.89. The normalized spacial score (nSPS) is 11.1. The standard InChI is InChI=1S/C45H28N4Si/c1-48-34-23-25-44(49-42-20-12-11-19-38(42)39-27-32(30-46)21-24-43(39)49)40(29-34)41-28-33(31-47)22-26-45(41)50(35-13-5-2-6-14-35,36-15-7-3-8-16-36)37-17-9-4-10-18-37/h2-29H. The Hall–Kier alpha value is -6.97. The topological polar surface area (TPSA) is 56.9 Å². The monoisotopic (exact) mass is 652 g/mol. The molecule has 8 aromatic rings. The zero-order valence-electron chi connectivity index (χ0n) is 27.0. The molecule has 0 saturated heterocycles. The van der Waals surface area contributed by atoms with E-state index in [1.165, 1.54) is 15.6 Å². The van der Waals surface area contributed by atoms with Crippen molar-refractivity contribution in [3.05, 3.63) is 192 Å². The Morgan fingerprint density at radius 2 is 1.04 bits per heavy atom. The predicted molar refractivity (Wildman–Crippen MR) is 206 cm³/mol. The van der Waals surface area contributed by atoms with Gasteiger partial charge in [-0.2, -0.15) is 10.5 Å². The van der Waals surface area contributed by atoms with E-state index in [0.29, 0.717) is 16.8 Å². The Morgan fingerprint density at radius 1 is 0.500 bits per heavy atom. The maximum atomic E-state index is 10.3. The zero-order chi connectivity index (χ0) is 34.1. The van der Waals surface area contributed by atoms with Gasteiger partial charge in [0.25, 0.3) is 0 Å². The van der Waals surface area contributed by atoms with E-state index in [-0.39, 0.29) is 0 Å². The fourth-order valence-corrected chi connectivity index (χ4v) is 12.5. The lowest BCUT2D eigenvalue weighted by atomic mass is 10.00. The summed E-state index contributed by atoms with van der Waals surface area (Å²) in [6.07, 6.45) is 0. The van der Waals surface area contributed by atoms with Gasteiger partial charge < -0.3 is 4.57 Å². The number of hydrogen-bond donors (Lipinski definition) is 0. The molecular formula is C45H28N4Si. The Kier molecular flexibility index (Phi) is 7.63. The first-order valence-corrected chi connectivity index (χ1v) is 18.3. The summed E-state index contributed by atoms with van der Waals surface area (Å²) in [5, 5.41) is 26.9.